The summed E-state index contributed by atoms with van der Waals surface area (Å²) in [5.41, 5.74) is 5.91. The molecule has 0 unspecified atom stereocenters. The molecule has 1 aromatic heterocycles. The minimum Gasteiger partial charge on any atom is -0.399 e. The Hall–Kier alpha value is -1.98. The van der Waals surface area contributed by atoms with Crippen LogP contribution in [0.25, 0.3) is 11.3 Å². The molecule has 0 radical (unpaired) electrons. The number of H-pyrrole nitrogens is 1. The molecular formula is C10H8F3N3. The Morgan fingerprint density at radius 3 is 2.50 bits per heavy atom. The molecule has 16 heavy (non-hydrogen) atoms. The zero-order chi connectivity index (χ0) is 11.8. The van der Waals surface area contributed by atoms with Crippen molar-refractivity contribution in [3.8, 4) is 11.3 Å². The second-order valence-corrected chi connectivity index (χ2v) is 3.29. The minimum atomic E-state index is -4.41. The van der Waals surface area contributed by atoms with Gasteiger partial charge in [-0.05, 0) is 18.2 Å². The summed E-state index contributed by atoms with van der Waals surface area (Å²) in [5.74, 6) is 0. The first-order chi connectivity index (χ1) is 7.47. The van der Waals surface area contributed by atoms with Crippen LogP contribution in [0, 0.1) is 0 Å². The van der Waals surface area contributed by atoms with Crippen LogP contribution < -0.4 is 5.73 Å². The number of aromatic nitrogens is 2. The molecule has 3 N–H and O–H groups in total. The Morgan fingerprint density at radius 1 is 1.19 bits per heavy atom. The maximum atomic E-state index is 12.3. The first-order valence-corrected chi connectivity index (χ1v) is 4.45. The molecule has 1 aromatic carbocycles. The van der Waals surface area contributed by atoms with Gasteiger partial charge in [-0.2, -0.15) is 18.3 Å². The molecule has 2 aromatic rings. The van der Waals surface area contributed by atoms with Crippen molar-refractivity contribution in [1.29, 1.82) is 0 Å². The minimum absolute atomic E-state index is 0.222. The van der Waals surface area contributed by atoms with Crippen LogP contribution in [0.15, 0.2) is 30.3 Å². The average molecular weight is 227 g/mol. The number of nitrogens with one attached hydrogen (secondary N) is 1. The van der Waals surface area contributed by atoms with Crippen molar-refractivity contribution >= 4 is 5.69 Å². The van der Waals surface area contributed by atoms with Gasteiger partial charge in [0.05, 0.1) is 5.69 Å². The molecule has 0 atom stereocenters. The summed E-state index contributed by atoms with van der Waals surface area (Å²) in [6.07, 6.45) is -4.41. The summed E-state index contributed by atoms with van der Waals surface area (Å²) in [6.45, 7) is 0. The number of aromatic amines is 1. The molecule has 0 saturated heterocycles. The highest BCUT2D eigenvalue weighted by Crippen LogP contribution is 2.30. The fraction of sp³-hybridized carbons (Fsp3) is 0.100. The van der Waals surface area contributed by atoms with E-state index in [1.807, 2.05) is 5.10 Å². The van der Waals surface area contributed by atoms with Gasteiger partial charge >= 0.3 is 6.18 Å². The van der Waals surface area contributed by atoms with Gasteiger partial charge in [-0.3, -0.25) is 5.10 Å². The number of anilines is 1. The van der Waals surface area contributed by atoms with E-state index in [0.29, 0.717) is 11.3 Å². The summed E-state index contributed by atoms with van der Waals surface area (Å²) in [6, 6.07) is 7.48. The molecule has 0 fully saturated rings. The maximum absolute atomic E-state index is 12.3. The lowest BCUT2D eigenvalue weighted by Crippen LogP contribution is -2.04. The fourth-order valence-corrected chi connectivity index (χ4v) is 1.31. The molecule has 1 heterocycles. The van der Waals surface area contributed by atoms with Gasteiger partial charge in [0.1, 0.15) is 5.69 Å². The Morgan fingerprint density at radius 2 is 1.94 bits per heavy atom. The van der Waals surface area contributed by atoms with Crippen LogP contribution in [-0.4, -0.2) is 10.2 Å². The molecule has 0 aliphatic carbocycles. The van der Waals surface area contributed by atoms with Crippen LogP contribution >= 0.6 is 0 Å². The molecule has 0 amide bonds. The van der Waals surface area contributed by atoms with Crippen molar-refractivity contribution in [3.05, 3.63) is 36.0 Å². The number of halogens is 3. The molecule has 0 saturated carbocycles. The van der Waals surface area contributed by atoms with Crippen LogP contribution in [0.2, 0.25) is 0 Å². The number of nitrogens with zero attached hydrogens (tertiary/aromatic N) is 1. The standard InChI is InChI=1S/C10H8F3N3/c11-10(12,13)9-5-8(15-16-9)6-2-1-3-7(14)4-6/h1-5H,14H2,(H,15,16). The van der Waals surface area contributed by atoms with Crippen molar-refractivity contribution in [2.75, 3.05) is 5.73 Å². The van der Waals surface area contributed by atoms with E-state index in [1.54, 1.807) is 24.3 Å². The monoisotopic (exact) mass is 227 g/mol. The van der Waals surface area contributed by atoms with E-state index in [1.165, 1.54) is 0 Å². The molecule has 0 aliphatic rings. The quantitative estimate of drug-likeness (QED) is 0.736. The Balaban J connectivity index is 2.39. The van der Waals surface area contributed by atoms with Crippen molar-refractivity contribution in [3.63, 3.8) is 0 Å². The lowest BCUT2D eigenvalue weighted by molar-refractivity contribution is -0.141. The highest BCUT2D eigenvalue weighted by molar-refractivity contribution is 5.64. The van der Waals surface area contributed by atoms with Gasteiger partial charge in [-0.1, -0.05) is 12.1 Å². The first-order valence-electron chi connectivity index (χ1n) is 4.45. The van der Waals surface area contributed by atoms with Crippen molar-refractivity contribution < 1.29 is 13.2 Å². The highest BCUT2D eigenvalue weighted by Gasteiger charge is 2.33. The van der Waals surface area contributed by atoms with E-state index in [0.717, 1.165) is 6.07 Å². The van der Waals surface area contributed by atoms with Crippen LogP contribution in [0.3, 0.4) is 0 Å². The van der Waals surface area contributed by atoms with Crippen molar-refractivity contribution in [2.24, 2.45) is 0 Å². The number of alkyl halides is 3. The van der Waals surface area contributed by atoms with E-state index in [-0.39, 0.29) is 5.69 Å². The normalized spacial score (nSPS) is 11.7. The smallest absolute Gasteiger partial charge is 0.399 e. The van der Waals surface area contributed by atoms with Gasteiger partial charge in [-0.25, -0.2) is 0 Å². The molecule has 84 valence electrons. The van der Waals surface area contributed by atoms with Crippen LogP contribution in [0.4, 0.5) is 18.9 Å². The third kappa shape index (κ3) is 2.00. The van der Waals surface area contributed by atoms with E-state index < -0.39 is 11.9 Å². The van der Waals surface area contributed by atoms with E-state index in [2.05, 4.69) is 5.10 Å². The molecule has 2 rings (SSSR count). The van der Waals surface area contributed by atoms with Crippen LogP contribution in [0.5, 0.6) is 0 Å². The first kappa shape index (κ1) is 10.5. The SMILES string of the molecule is Nc1cccc(-c2cc(C(F)(F)F)[nH]n2)c1. The Bertz CT molecular complexity index is 502. The zero-order valence-corrected chi connectivity index (χ0v) is 8.05. The van der Waals surface area contributed by atoms with Gasteiger partial charge in [0.2, 0.25) is 0 Å². The fourth-order valence-electron chi connectivity index (χ4n) is 1.31. The Kier molecular flexibility index (Phi) is 2.34. The van der Waals surface area contributed by atoms with Crippen LogP contribution in [0.1, 0.15) is 5.69 Å². The van der Waals surface area contributed by atoms with E-state index in [4.69, 9.17) is 5.73 Å². The molecular weight excluding hydrogens is 219 g/mol. The number of nitrogens with two attached hydrogens (primary N) is 1. The van der Waals surface area contributed by atoms with E-state index in [9.17, 15) is 13.2 Å². The Labute approximate surface area is 89.1 Å². The third-order valence-electron chi connectivity index (χ3n) is 2.07. The number of benzene rings is 1. The van der Waals surface area contributed by atoms with Gasteiger partial charge < -0.3 is 5.73 Å². The summed E-state index contributed by atoms with van der Waals surface area (Å²) in [5, 5.41) is 5.54. The van der Waals surface area contributed by atoms with Gasteiger partial charge in [-0.15, -0.1) is 0 Å². The average Bonchev–Trinajstić information content (AvgIpc) is 2.65. The lowest BCUT2D eigenvalue weighted by atomic mass is 10.1. The van der Waals surface area contributed by atoms with Gasteiger partial charge in [0.25, 0.3) is 0 Å². The predicted molar refractivity (Wildman–Crippen MR) is 53.4 cm³/mol. The van der Waals surface area contributed by atoms with Crippen molar-refractivity contribution in [1.82, 2.24) is 10.2 Å². The third-order valence-corrected chi connectivity index (χ3v) is 2.07. The van der Waals surface area contributed by atoms with Crippen LogP contribution in [-0.2, 0) is 6.18 Å². The van der Waals surface area contributed by atoms with E-state index >= 15 is 0 Å². The summed E-state index contributed by atoms with van der Waals surface area (Å²) in [7, 11) is 0. The van der Waals surface area contributed by atoms with Gasteiger partial charge in [0, 0.05) is 11.3 Å². The maximum Gasteiger partial charge on any atom is 0.432 e. The number of nitrogen functional groups attached to an aromatic ring is 1. The van der Waals surface area contributed by atoms with Crippen molar-refractivity contribution in [2.45, 2.75) is 6.18 Å². The number of hydrogen-bond donors (Lipinski definition) is 2. The second-order valence-electron chi connectivity index (χ2n) is 3.29. The topological polar surface area (TPSA) is 54.7 Å². The summed E-state index contributed by atoms with van der Waals surface area (Å²) in [4.78, 5) is 0. The molecule has 3 nitrogen and oxygen atoms in total. The summed E-state index contributed by atoms with van der Waals surface area (Å²) < 4.78 is 36.9. The van der Waals surface area contributed by atoms with Gasteiger partial charge in [0.15, 0.2) is 0 Å². The second kappa shape index (κ2) is 3.55. The zero-order valence-electron chi connectivity index (χ0n) is 8.05. The highest BCUT2D eigenvalue weighted by atomic mass is 19.4. The lowest BCUT2D eigenvalue weighted by Gasteiger charge is -2.00. The predicted octanol–water partition coefficient (Wildman–Crippen LogP) is 2.68. The molecule has 6 heteroatoms. The summed E-state index contributed by atoms with van der Waals surface area (Å²) >= 11 is 0. The molecule has 0 bridgehead atoms. The number of hydrogen-bond acceptors (Lipinski definition) is 2. The molecule has 0 aliphatic heterocycles. The number of rotatable bonds is 1. The molecule has 0 spiro atoms. The largest absolute Gasteiger partial charge is 0.432 e.